The van der Waals surface area contributed by atoms with Gasteiger partial charge in [0, 0.05) is 37.7 Å². The van der Waals surface area contributed by atoms with Gasteiger partial charge in [-0.2, -0.15) is 0 Å². The predicted molar refractivity (Wildman–Crippen MR) is 115 cm³/mol. The number of rotatable bonds is 5. The fourth-order valence-electron chi connectivity index (χ4n) is 4.72. The minimum atomic E-state index is -0.352. The number of esters is 1. The maximum atomic E-state index is 12.5. The first kappa shape index (κ1) is 20.1. The zero-order valence-corrected chi connectivity index (χ0v) is 17.4. The molecule has 0 amide bonds. The molecule has 1 aliphatic carbocycles. The number of piperidine rings is 1. The summed E-state index contributed by atoms with van der Waals surface area (Å²) in [6.45, 7) is 1.54. The Kier molecular flexibility index (Phi) is 6.31. The second-order valence-corrected chi connectivity index (χ2v) is 8.16. The lowest BCUT2D eigenvalue weighted by atomic mass is 9.92. The Hall–Kier alpha value is -2.18. The van der Waals surface area contributed by atoms with Crippen LogP contribution in [0.2, 0.25) is 0 Å². The maximum Gasteiger partial charge on any atom is 0.341 e. The highest BCUT2D eigenvalue weighted by Gasteiger charge is 2.33. The van der Waals surface area contributed by atoms with Crippen LogP contribution in [-0.4, -0.2) is 56.5 Å². The highest BCUT2D eigenvalue weighted by atomic mass is 16.5. The first-order valence-electron chi connectivity index (χ1n) is 10.7. The Morgan fingerprint density at radius 1 is 1.14 bits per heavy atom. The SMILES string of the molecule is COC(=O)c1cc2ccccc2nc1N1CCC(NC2CCCCC2)C(OC)C1. The number of aromatic nitrogens is 1. The molecule has 2 heterocycles. The zero-order chi connectivity index (χ0) is 20.2. The van der Waals surface area contributed by atoms with Crippen LogP contribution < -0.4 is 10.2 Å². The number of carbonyl (C=O) groups is 1. The summed E-state index contributed by atoms with van der Waals surface area (Å²) in [7, 11) is 3.19. The van der Waals surface area contributed by atoms with E-state index < -0.39 is 0 Å². The molecule has 1 N–H and O–H groups in total. The number of nitrogens with one attached hydrogen (secondary N) is 1. The van der Waals surface area contributed by atoms with E-state index in [1.807, 2.05) is 30.3 Å². The zero-order valence-electron chi connectivity index (χ0n) is 17.4. The summed E-state index contributed by atoms with van der Waals surface area (Å²) in [4.78, 5) is 19.5. The van der Waals surface area contributed by atoms with E-state index >= 15 is 0 Å². The lowest BCUT2D eigenvalue weighted by Gasteiger charge is -2.41. The van der Waals surface area contributed by atoms with Crippen molar-refractivity contribution < 1.29 is 14.3 Å². The van der Waals surface area contributed by atoms with E-state index in [9.17, 15) is 4.79 Å². The molecular formula is C23H31N3O3. The van der Waals surface area contributed by atoms with Gasteiger partial charge in [-0.25, -0.2) is 9.78 Å². The van der Waals surface area contributed by atoms with Crippen LogP contribution in [0.3, 0.4) is 0 Å². The number of fused-ring (bicyclic) bond motifs is 1. The Morgan fingerprint density at radius 3 is 2.69 bits per heavy atom. The molecule has 1 aromatic carbocycles. The van der Waals surface area contributed by atoms with Gasteiger partial charge in [-0.1, -0.05) is 37.5 Å². The second-order valence-electron chi connectivity index (χ2n) is 8.16. The van der Waals surface area contributed by atoms with E-state index in [4.69, 9.17) is 14.5 Å². The number of para-hydroxylation sites is 1. The molecule has 2 fully saturated rings. The van der Waals surface area contributed by atoms with Gasteiger partial charge < -0.3 is 19.7 Å². The predicted octanol–water partition coefficient (Wildman–Crippen LogP) is 3.54. The number of anilines is 1. The summed E-state index contributed by atoms with van der Waals surface area (Å²) in [6, 6.07) is 10.7. The van der Waals surface area contributed by atoms with Crippen LogP contribution in [-0.2, 0) is 9.47 Å². The molecule has 1 saturated carbocycles. The second kappa shape index (κ2) is 9.09. The smallest absolute Gasteiger partial charge is 0.341 e. The third-order valence-electron chi connectivity index (χ3n) is 6.33. The normalized spacial score (nSPS) is 23.3. The number of pyridine rings is 1. The number of hydrogen-bond donors (Lipinski definition) is 1. The molecule has 0 radical (unpaired) electrons. The van der Waals surface area contributed by atoms with Crippen molar-refractivity contribution in [3.8, 4) is 0 Å². The number of carbonyl (C=O) groups excluding carboxylic acids is 1. The summed E-state index contributed by atoms with van der Waals surface area (Å²) in [5.74, 6) is 0.336. The summed E-state index contributed by atoms with van der Waals surface area (Å²) in [5.41, 5.74) is 1.39. The summed E-state index contributed by atoms with van der Waals surface area (Å²) < 4.78 is 10.9. The number of hydrogen-bond acceptors (Lipinski definition) is 6. The Balaban J connectivity index is 1.56. The molecular weight excluding hydrogens is 366 g/mol. The first-order chi connectivity index (χ1) is 14.2. The summed E-state index contributed by atoms with van der Waals surface area (Å²) in [5, 5.41) is 4.78. The van der Waals surface area contributed by atoms with Gasteiger partial charge >= 0.3 is 5.97 Å². The fourth-order valence-corrected chi connectivity index (χ4v) is 4.72. The molecule has 2 aliphatic rings. The summed E-state index contributed by atoms with van der Waals surface area (Å²) in [6.07, 6.45) is 7.53. The lowest BCUT2D eigenvalue weighted by molar-refractivity contribution is 0.0527. The average molecular weight is 398 g/mol. The molecule has 1 aromatic heterocycles. The van der Waals surface area contributed by atoms with Crippen molar-refractivity contribution in [3.05, 3.63) is 35.9 Å². The number of ether oxygens (including phenoxy) is 2. The van der Waals surface area contributed by atoms with Gasteiger partial charge in [0.2, 0.25) is 0 Å². The van der Waals surface area contributed by atoms with Crippen molar-refractivity contribution >= 4 is 22.7 Å². The number of nitrogens with zero attached hydrogens (tertiary/aromatic N) is 2. The van der Waals surface area contributed by atoms with E-state index in [2.05, 4.69) is 10.2 Å². The molecule has 0 bridgehead atoms. The third kappa shape index (κ3) is 4.38. The van der Waals surface area contributed by atoms with Crippen molar-refractivity contribution in [3.63, 3.8) is 0 Å². The van der Waals surface area contributed by atoms with Gasteiger partial charge in [0.25, 0.3) is 0 Å². The van der Waals surface area contributed by atoms with Crippen molar-refractivity contribution in [1.29, 1.82) is 0 Å². The van der Waals surface area contributed by atoms with Crippen LogP contribution in [0.5, 0.6) is 0 Å². The van der Waals surface area contributed by atoms with E-state index in [0.717, 1.165) is 23.9 Å². The van der Waals surface area contributed by atoms with Crippen LogP contribution in [0.4, 0.5) is 5.82 Å². The Bertz CT molecular complexity index is 850. The third-order valence-corrected chi connectivity index (χ3v) is 6.33. The highest BCUT2D eigenvalue weighted by Crippen LogP contribution is 2.28. The Labute approximate surface area is 172 Å². The van der Waals surface area contributed by atoms with Crippen LogP contribution in [0.15, 0.2) is 30.3 Å². The van der Waals surface area contributed by atoms with Gasteiger partial charge in [0.1, 0.15) is 11.4 Å². The summed E-state index contributed by atoms with van der Waals surface area (Å²) >= 11 is 0. The van der Waals surface area contributed by atoms with Crippen LogP contribution in [0.25, 0.3) is 10.9 Å². The molecule has 2 aromatic rings. The van der Waals surface area contributed by atoms with E-state index in [1.165, 1.54) is 39.2 Å². The fraction of sp³-hybridized carbons (Fsp3) is 0.565. The number of benzene rings is 1. The first-order valence-corrected chi connectivity index (χ1v) is 10.7. The van der Waals surface area contributed by atoms with Crippen LogP contribution >= 0.6 is 0 Å². The van der Waals surface area contributed by atoms with Crippen molar-refractivity contribution in [1.82, 2.24) is 10.3 Å². The molecule has 0 spiro atoms. The van der Waals surface area contributed by atoms with Crippen molar-refractivity contribution in [2.75, 3.05) is 32.2 Å². The van der Waals surface area contributed by atoms with Gasteiger partial charge in [-0.05, 0) is 31.4 Å². The van der Waals surface area contributed by atoms with E-state index in [1.54, 1.807) is 7.11 Å². The van der Waals surface area contributed by atoms with Crippen molar-refractivity contribution in [2.45, 2.75) is 56.7 Å². The standard InChI is InChI=1S/C23H31N3O3/c1-28-21-15-26(13-12-20(21)24-17-9-4-3-5-10-17)22-18(23(27)29-2)14-16-8-6-7-11-19(16)25-22/h6-8,11,14,17,20-21,24H,3-5,9-10,12-13,15H2,1-2H3. The van der Waals surface area contributed by atoms with Gasteiger partial charge in [0.15, 0.2) is 0 Å². The minimum absolute atomic E-state index is 0.0597. The lowest BCUT2D eigenvalue weighted by Crippen LogP contribution is -2.56. The van der Waals surface area contributed by atoms with Gasteiger partial charge in [-0.3, -0.25) is 0 Å². The quantitative estimate of drug-likeness (QED) is 0.779. The molecule has 6 heteroatoms. The Morgan fingerprint density at radius 2 is 1.93 bits per heavy atom. The highest BCUT2D eigenvalue weighted by molar-refractivity contribution is 5.99. The molecule has 156 valence electrons. The largest absolute Gasteiger partial charge is 0.465 e. The molecule has 1 aliphatic heterocycles. The average Bonchev–Trinajstić information content (AvgIpc) is 2.78. The monoisotopic (exact) mass is 397 g/mol. The molecule has 6 nitrogen and oxygen atoms in total. The van der Waals surface area contributed by atoms with Gasteiger partial charge in [0.05, 0.1) is 18.7 Å². The van der Waals surface area contributed by atoms with E-state index in [-0.39, 0.29) is 12.1 Å². The molecule has 1 saturated heterocycles. The molecule has 2 atom stereocenters. The molecule has 29 heavy (non-hydrogen) atoms. The molecule has 2 unspecified atom stereocenters. The van der Waals surface area contributed by atoms with Crippen LogP contribution in [0.1, 0.15) is 48.9 Å². The van der Waals surface area contributed by atoms with Crippen LogP contribution in [0, 0.1) is 0 Å². The van der Waals surface area contributed by atoms with Crippen molar-refractivity contribution in [2.24, 2.45) is 0 Å². The molecule has 4 rings (SSSR count). The maximum absolute atomic E-state index is 12.5. The minimum Gasteiger partial charge on any atom is -0.465 e. The topological polar surface area (TPSA) is 63.7 Å². The number of methoxy groups -OCH3 is 2. The van der Waals surface area contributed by atoms with Gasteiger partial charge in [-0.15, -0.1) is 0 Å². The van der Waals surface area contributed by atoms with E-state index in [0.29, 0.717) is 30.0 Å².